The number of halogens is 1. The summed E-state index contributed by atoms with van der Waals surface area (Å²) in [5.41, 5.74) is 8.35. The number of phenols is 1. The second-order valence-corrected chi connectivity index (χ2v) is 7.56. The summed E-state index contributed by atoms with van der Waals surface area (Å²) >= 11 is 0. The summed E-state index contributed by atoms with van der Waals surface area (Å²) in [6, 6.07) is 11.5. The number of aryl methyl sites for hydroxylation is 1. The molecule has 0 aliphatic carbocycles. The van der Waals surface area contributed by atoms with Crippen molar-refractivity contribution >= 4 is 29.0 Å². The summed E-state index contributed by atoms with van der Waals surface area (Å²) in [4.78, 5) is 13.3. The standard InChI is InChI=1S/C23H25FN6O2/c1-14-3-2-4-19(24)20(14)29-21(25)18-13-26-23(28-15-5-7-17(31)8-6-15)30-22(18)27-16-9-11-32-12-10-16/h2-8,13,16,31H,9-12H2,1H3,(H2,25,29)(H2,26,27,28,30). The second kappa shape index (κ2) is 9.61. The zero-order chi connectivity index (χ0) is 22.5. The molecule has 3 aromatic rings. The van der Waals surface area contributed by atoms with Crippen molar-refractivity contribution < 1.29 is 14.2 Å². The first-order valence-corrected chi connectivity index (χ1v) is 10.4. The topological polar surface area (TPSA) is 118 Å². The number of hydrogen-bond acceptors (Lipinski definition) is 7. The number of amidine groups is 1. The lowest BCUT2D eigenvalue weighted by atomic mass is 10.1. The fourth-order valence-corrected chi connectivity index (χ4v) is 3.39. The molecule has 32 heavy (non-hydrogen) atoms. The summed E-state index contributed by atoms with van der Waals surface area (Å²) in [5, 5.41) is 16.0. The summed E-state index contributed by atoms with van der Waals surface area (Å²) in [6.45, 7) is 3.10. The van der Waals surface area contributed by atoms with Crippen molar-refractivity contribution in [2.45, 2.75) is 25.8 Å². The Morgan fingerprint density at radius 3 is 2.66 bits per heavy atom. The Morgan fingerprint density at radius 2 is 1.94 bits per heavy atom. The maximum absolute atomic E-state index is 14.3. The number of nitrogens with zero attached hydrogens (tertiary/aromatic N) is 3. The van der Waals surface area contributed by atoms with Gasteiger partial charge in [-0.05, 0) is 55.7 Å². The van der Waals surface area contributed by atoms with Gasteiger partial charge in [-0.1, -0.05) is 12.1 Å². The van der Waals surface area contributed by atoms with Gasteiger partial charge in [0.2, 0.25) is 5.95 Å². The molecule has 1 saturated heterocycles. The number of nitrogens with two attached hydrogens (primary N) is 1. The van der Waals surface area contributed by atoms with Gasteiger partial charge in [0, 0.05) is 31.1 Å². The molecule has 166 valence electrons. The van der Waals surface area contributed by atoms with Crippen LogP contribution in [0.5, 0.6) is 5.75 Å². The van der Waals surface area contributed by atoms with Crippen LogP contribution >= 0.6 is 0 Å². The third kappa shape index (κ3) is 5.12. The first-order chi connectivity index (χ1) is 15.5. The summed E-state index contributed by atoms with van der Waals surface area (Å²) < 4.78 is 19.7. The molecule has 8 nitrogen and oxygen atoms in total. The smallest absolute Gasteiger partial charge is 0.229 e. The van der Waals surface area contributed by atoms with E-state index in [1.165, 1.54) is 6.07 Å². The lowest BCUT2D eigenvalue weighted by molar-refractivity contribution is 0.0904. The Hall–Kier alpha value is -3.72. The van der Waals surface area contributed by atoms with Crippen molar-refractivity contribution in [1.29, 1.82) is 0 Å². The number of aliphatic imine (C=N–C) groups is 1. The van der Waals surface area contributed by atoms with Crippen molar-refractivity contribution in [2.75, 3.05) is 23.8 Å². The maximum Gasteiger partial charge on any atom is 0.229 e. The lowest BCUT2D eigenvalue weighted by Crippen LogP contribution is -2.30. The van der Waals surface area contributed by atoms with Gasteiger partial charge in [-0.3, -0.25) is 0 Å². The third-order valence-corrected chi connectivity index (χ3v) is 5.17. The van der Waals surface area contributed by atoms with Crippen molar-refractivity contribution in [3.8, 4) is 5.75 Å². The van der Waals surface area contributed by atoms with Crippen molar-refractivity contribution in [1.82, 2.24) is 9.97 Å². The Kier molecular flexibility index (Phi) is 6.46. The molecule has 0 spiro atoms. The molecule has 1 aliphatic heterocycles. The van der Waals surface area contributed by atoms with E-state index in [9.17, 15) is 9.50 Å². The Balaban J connectivity index is 1.68. The molecule has 2 aromatic carbocycles. The molecule has 1 fully saturated rings. The molecular formula is C23H25FN6O2. The van der Waals surface area contributed by atoms with E-state index in [0.717, 1.165) is 18.5 Å². The Labute approximate surface area is 185 Å². The number of aromatic nitrogens is 2. The number of rotatable bonds is 6. The largest absolute Gasteiger partial charge is 0.508 e. The van der Waals surface area contributed by atoms with Gasteiger partial charge in [-0.15, -0.1) is 0 Å². The van der Waals surface area contributed by atoms with Gasteiger partial charge in [0.15, 0.2) is 0 Å². The highest BCUT2D eigenvalue weighted by Gasteiger charge is 2.19. The molecule has 1 aromatic heterocycles. The van der Waals surface area contributed by atoms with Gasteiger partial charge < -0.3 is 26.2 Å². The quantitative estimate of drug-likeness (QED) is 0.262. The molecule has 0 radical (unpaired) electrons. The average molecular weight is 436 g/mol. The van der Waals surface area contributed by atoms with Gasteiger partial charge in [-0.2, -0.15) is 4.98 Å². The van der Waals surface area contributed by atoms with Gasteiger partial charge in [0.25, 0.3) is 0 Å². The van der Waals surface area contributed by atoms with Gasteiger partial charge in [0.1, 0.15) is 28.9 Å². The summed E-state index contributed by atoms with van der Waals surface area (Å²) in [5.74, 6) is 0.691. The third-order valence-electron chi connectivity index (χ3n) is 5.17. The van der Waals surface area contributed by atoms with E-state index in [1.807, 2.05) is 0 Å². The van der Waals surface area contributed by atoms with Crippen LogP contribution in [0.25, 0.3) is 0 Å². The molecule has 0 unspecified atom stereocenters. The monoisotopic (exact) mass is 436 g/mol. The highest BCUT2D eigenvalue weighted by atomic mass is 19.1. The van der Waals surface area contributed by atoms with E-state index >= 15 is 0 Å². The molecular weight excluding hydrogens is 411 g/mol. The first-order valence-electron chi connectivity index (χ1n) is 10.4. The van der Waals surface area contributed by atoms with Crippen LogP contribution in [-0.4, -0.2) is 40.2 Å². The highest BCUT2D eigenvalue weighted by Crippen LogP contribution is 2.25. The first kappa shape index (κ1) is 21.5. The molecule has 9 heteroatoms. The van der Waals surface area contributed by atoms with Crippen molar-refractivity contribution in [3.05, 3.63) is 65.6 Å². The highest BCUT2D eigenvalue weighted by molar-refractivity contribution is 6.03. The fourth-order valence-electron chi connectivity index (χ4n) is 3.39. The molecule has 4 rings (SSSR count). The van der Waals surface area contributed by atoms with E-state index in [-0.39, 0.29) is 23.3 Å². The minimum atomic E-state index is -0.446. The number of benzene rings is 2. The minimum Gasteiger partial charge on any atom is -0.508 e. The molecule has 5 N–H and O–H groups in total. The maximum atomic E-state index is 14.3. The minimum absolute atomic E-state index is 0.115. The van der Waals surface area contributed by atoms with Crippen LogP contribution in [-0.2, 0) is 4.74 Å². The van der Waals surface area contributed by atoms with E-state index < -0.39 is 5.82 Å². The number of ether oxygens (including phenoxy) is 1. The number of hydrogen-bond donors (Lipinski definition) is 4. The molecule has 0 amide bonds. The van der Waals surface area contributed by atoms with Crippen LogP contribution in [0.4, 0.5) is 27.5 Å². The second-order valence-electron chi connectivity index (χ2n) is 7.56. The van der Waals surface area contributed by atoms with Crippen LogP contribution in [0.15, 0.2) is 53.7 Å². The molecule has 0 atom stereocenters. The molecule has 2 heterocycles. The Morgan fingerprint density at radius 1 is 1.19 bits per heavy atom. The SMILES string of the molecule is Cc1cccc(F)c1N=C(N)c1cnc(Nc2ccc(O)cc2)nc1NC1CCOCC1. The van der Waals surface area contributed by atoms with Crippen molar-refractivity contribution in [2.24, 2.45) is 10.7 Å². The zero-order valence-corrected chi connectivity index (χ0v) is 17.7. The van der Waals surface area contributed by atoms with Crippen LogP contribution in [0, 0.1) is 12.7 Å². The van der Waals surface area contributed by atoms with Crippen LogP contribution < -0.4 is 16.4 Å². The van der Waals surface area contributed by atoms with Gasteiger partial charge in [0.05, 0.1) is 5.56 Å². The molecule has 0 bridgehead atoms. The Bertz CT molecular complexity index is 1090. The predicted molar refractivity (Wildman–Crippen MR) is 122 cm³/mol. The number of phenolic OH excluding ortho intramolecular Hbond substituents is 1. The lowest BCUT2D eigenvalue weighted by Gasteiger charge is -2.24. The van der Waals surface area contributed by atoms with E-state index in [1.54, 1.807) is 49.5 Å². The van der Waals surface area contributed by atoms with E-state index in [2.05, 4.69) is 25.6 Å². The van der Waals surface area contributed by atoms with Crippen molar-refractivity contribution in [3.63, 3.8) is 0 Å². The van der Waals surface area contributed by atoms with E-state index in [4.69, 9.17) is 10.5 Å². The molecule has 1 aliphatic rings. The molecule has 0 saturated carbocycles. The average Bonchev–Trinajstić information content (AvgIpc) is 2.79. The van der Waals surface area contributed by atoms with Gasteiger partial charge >= 0.3 is 0 Å². The van der Waals surface area contributed by atoms with Crippen LogP contribution in [0.2, 0.25) is 0 Å². The number of para-hydroxylation sites is 1. The summed E-state index contributed by atoms with van der Waals surface area (Å²) in [6.07, 6.45) is 3.22. The number of aromatic hydroxyl groups is 1. The number of nitrogens with one attached hydrogen (secondary N) is 2. The predicted octanol–water partition coefficient (Wildman–Crippen LogP) is 4.00. The van der Waals surface area contributed by atoms with Crippen LogP contribution in [0.3, 0.4) is 0 Å². The zero-order valence-electron chi connectivity index (χ0n) is 17.7. The normalized spacial score (nSPS) is 14.9. The number of anilines is 3. The van der Waals surface area contributed by atoms with Gasteiger partial charge in [-0.25, -0.2) is 14.4 Å². The summed E-state index contributed by atoms with van der Waals surface area (Å²) in [7, 11) is 0. The fraction of sp³-hybridized carbons (Fsp3) is 0.261. The van der Waals surface area contributed by atoms with Crippen LogP contribution in [0.1, 0.15) is 24.0 Å². The van der Waals surface area contributed by atoms with E-state index in [0.29, 0.717) is 36.1 Å².